The molecule has 1 saturated heterocycles. The molecule has 2 N–H and O–H groups in total. The van der Waals surface area contributed by atoms with Crippen molar-refractivity contribution < 1.29 is 0 Å². The molecule has 0 aliphatic carbocycles. The van der Waals surface area contributed by atoms with Crippen LogP contribution in [0.2, 0.25) is 0 Å². The first-order valence-electron chi connectivity index (χ1n) is 4.83. The normalized spacial score (nSPS) is 17.4. The van der Waals surface area contributed by atoms with Gasteiger partial charge in [-0.2, -0.15) is 0 Å². The summed E-state index contributed by atoms with van der Waals surface area (Å²) in [6.07, 6.45) is 5.66. The predicted octanol–water partition coefficient (Wildman–Crippen LogP) is 1.65. The molecule has 1 aromatic rings. The van der Waals surface area contributed by atoms with E-state index >= 15 is 0 Å². The van der Waals surface area contributed by atoms with Gasteiger partial charge >= 0.3 is 0 Å². The monoisotopic (exact) mass is 177 g/mol. The molecule has 0 amide bonds. The van der Waals surface area contributed by atoms with Crippen molar-refractivity contribution in [2.75, 3.05) is 23.7 Å². The van der Waals surface area contributed by atoms with Gasteiger partial charge in [-0.25, -0.2) is 4.98 Å². The Morgan fingerprint density at radius 3 is 2.69 bits per heavy atom. The molecule has 70 valence electrons. The van der Waals surface area contributed by atoms with Crippen molar-refractivity contribution in [2.24, 2.45) is 0 Å². The van der Waals surface area contributed by atoms with Crippen LogP contribution in [0.4, 0.5) is 11.5 Å². The minimum atomic E-state index is 0.796. The number of piperidine rings is 1. The van der Waals surface area contributed by atoms with Crippen molar-refractivity contribution in [2.45, 2.75) is 19.3 Å². The number of nitrogen functional groups attached to an aromatic ring is 1. The lowest BCUT2D eigenvalue weighted by molar-refractivity contribution is 0.574. The maximum absolute atomic E-state index is 5.85. The van der Waals surface area contributed by atoms with Crippen molar-refractivity contribution in [1.29, 1.82) is 0 Å². The topological polar surface area (TPSA) is 42.1 Å². The molecule has 0 atom stereocenters. The van der Waals surface area contributed by atoms with Crippen molar-refractivity contribution in [1.82, 2.24) is 4.98 Å². The number of pyridine rings is 1. The molecule has 0 bridgehead atoms. The van der Waals surface area contributed by atoms with E-state index in [1.807, 2.05) is 12.1 Å². The average molecular weight is 177 g/mol. The van der Waals surface area contributed by atoms with E-state index in [0.29, 0.717) is 0 Å². The van der Waals surface area contributed by atoms with Gasteiger partial charge in [-0.1, -0.05) is 0 Å². The standard InChI is InChI=1S/C10H15N3/c11-9-5-4-6-12-10(9)13-7-2-1-3-8-13/h4-6H,1-3,7-8,11H2. The van der Waals surface area contributed by atoms with Gasteiger partial charge in [0.15, 0.2) is 5.82 Å². The van der Waals surface area contributed by atoms with Crippen LogP contribution in [0.15, 0.2) is 18.3 Å². The van der Waals surface area contributed by atoms with Crippen LogP contribution in [-0.2, 0) is 0 Å². The second-order valence-electron chi connectivity index (χ2n) is 3.46. The first-order valence-corrected chi connectivity index (χ1v) is 4.83. The van der Waals surface area contributed by atoms with Crippen LogP contribution < -0.4 is 10.6 Å². The van der Waals surface area contributed by atoms with Gasteiger partial charge in [0, 0.05) is 19.3 Å². The zero-order chi connectivity index (χ0) is 9.10. The Labute approximate surface area is 78.6 Å². The molecule has 1 aliphatic rings. The maximum atomic E-state index is 5.85. The summed E-state index contributed by atoms with van der Waals surface area (Å²) in [6, 6.07) is 3.79. The second kappa shape index (κ2) is 3.64. The lowest BCUT2D eigenvalue weighted by Crippen LogP contribution is -2.30. The summed E-state index contributed by atoms with van der Waals surface area (Å²) in [5.41, 5.74) is 6.64. The quantitative estimate of drug-likeness (QED) is 0.709. The fourth-order valence-corrected chi connectivity index (χ4v) is 1.78. The lowest BCUT2D eigenvalue weighted by atomic mass is 10.1. The van der Waals surface area contributed by atoms with Gasteiger partial charge in [-0.3, -0.25) is 0 Å². The number of rotatable bonds is 1. The van der Waals surface area contributed by atoms with E-state index in [1.165, 1.54) is 19.3 Å². The molecule has 2 heterocycles. The van der Waals surface area contributed by atoms with Crippen molar-refractivity contribution in [3.63, 3.8) is 0 Å². The van der Waals surface area contributed by atoms with Crippen molar-refractivity contribution in [3.8, 4) is 0 Å². The molecule has 0 saturated carbocycles. The van der Waals surface area contributed by atoms with Crippen LogP contribution in [-0.4, -0.2) is 18.1 Å². The fourth-order valence-electron chi connectivity index (χ4n) is 1.78. The largest absolute Gasteiger partial charge is 0.396 e. The smallest absolute Gasteiger partial charge is 0.151 e. The van der Waals surface area contributed by atoms with E-state index < -0.39 is 0 Å². The highest BCUT2D eigenvalue weighted by Crippen LogP contribution is 2.22. The molecule has 0 spiro atoms. The van der Waals surface area contributed by atoms with E-state index in [1.54, 1.807) is 6.20 Å². The third kappa shape index (κ3) is 1.74. The Balaban J connectivity index is 2.18. The van der Waals surface area contributed by atoms with Crippen LogP contribution in [0.3, 0.4) is 0 Å². The molecule has 1 fully saturated rings. The summed E-state index contributed by atoms with van der Waals surface area (Å²) < 4.78 is 0. The third-order valence-electron chi connectivity index (χ3n) is 2.47. The van der Waals surface area contributed by atoms with E-state index in [2.05, 4.69) is 9.88 Å². The van der Waals surface area contributed by atoms with Gasteiger partial charge in [0.2, 0.25) is 0 Å². The minimum Gasteiger partial charge on any atom is -0.396 e. The third-order valence-corrected chi connectivity index (χ3v) is 2.47. The van der Waals surface area contributed by atoms with E-state index in [4.69, 9.17) is 5.73 Å². The second-order valence-corrected chi connectivity index (χ2v) is 3.46. The number of nitrogens with zero attached hydrogens (tertiary/aromatic N) is 2. The van der Waals surface area contributed by atoms with Crippen LogP contribution in [0, 0.1) is 0 Å². The Morgan fingerprint density at radius 1 is 1.23 bits per heavy atom. The number of anilines is 2. The van der Waals surface area contributed by atoms with Crippen molar-refractivity contribution in [3.05, 3.63) is 18.3 Å². The first-order chi connectivity index (χ1) is 6.38. The molecule has 13 heavy (non-hydrogen) atoms. The summed E-state index contributed by atoms with van der Waals surface area (Å²) in [6.45, 7) is 2.20. The Kier molecular flexibility index (Phi) is 2.34. The number of aromatic nitrogens is 1. The first kappa shape index (κ1) is 8.35. The zero-order valence-electron chi connectivity index (χ0n) is 7.74. The molecule has 3 heteroatoms. The molecule has 0 radical (unpaired) electrons. The summed E-state index contributed by atoms with van der Waals surface area (Å²) in [4.78, 5) is 6.58. The van der Waals surface area contributed by atoms with Gasteiger partial charge in [0.1, 0.15) is 0 Å². The number of hydrogen-bond donors (Lipinski definition) is 1. The molecule has 0 aromatic carbocycles. The molecular formula is C10H15N3. The summed E-state index contributed by atoms with van der Waals surface area (Å²) in [5, 5.41) is 0. The highest BCUT2D eigenvalue weighted by molar-refractivity contribution is 5.62. The molecule has 0 unspecified atom stereocenters. The van der Waals surface area contributed by atoms with Gasteiger partial charge in [0.05, 0.1) is 5.69 Å². The Hall–Kier alpha value is -1.25. The minimum absolute atomic E-state index is 0.796. The lowest BCUT2D eigenvalue weighted by Gasteiger charge is -2.28. The molecule has 1 aliphatic heterocycles. The number of hydrogen-bond acceptors (Lipinski definition) is 3. The molecular weight excluding hydrogens is 162 g/mol. The average Bonchev–Trinajstić information content (AvgIpc) is 2.20. The highest BCUT2D eigenvalue weighted by Gasteiger charge is 2.13. The predicted molar refractivity (Wildman–Crippen MR) is 54.7 cm³/mol. The van der Waals surface area contributed by atoms with Crippen LogP contribution in [0.25, 0.3) is 0 Å². The SMILES string of the molecule is Nc1cccnc1N1CCCCC1. The van der Waals surface area contributed by atoms with E-state index in [0.717, 1.165) is 24.6 Å². The zero-order valence-corrected chi connectivity index (χ0v) is 7.74. The van der Waals surface area contributed by atoms with Gasteiger partial charge < -0.3 is 10.6 Å². The Bertz CT molecular complexity index is 279. The van der Waals surface area contributed by atoms with Crippen LogP contribution in [0.5, 0.6) is 0 Å². The summed E-state index contributed by atoms with van der Waals surface area (Å²) in [5.74, 6) is 0.960. The number of nitrogens with two attached hydrogens (primary N) is 1. The van der Waals surface area contributed by atoms with Gasteiger partial charge in [-0.15, -0.1) is 0 Å². The fraction of sp³-hybridized carbons (Fsp3) is 0.500. The van der Waals surface area contributed by atoms with Gasteiger partial charge in [-0.05, 0) is 31.4 Å². The van der Waals surface area contributed by atoms with E-state index in [-0.39, 0.29) is 0 Å². The van der Waals surface area contributed by atoms with Crippen LogP contribution in [0.1, 0.15) is 19.3 Å². The maximum Gasteiger partial charge on any atom is 0.151 e. The molecule has 1 aromatic heterocycles. The molecule has 3 nitrogen and oxygen atoms in total. The summed E-state index contributed by atoms with van der Waals surface area (Å²) in [7, 11) is 0. The van der Waals surface area contributed by atoms with Crippen LogP contribution >= 0.6 is 0 Å². The highest BCUT2D eigenvalue weighted by atomic mass is 15.2. The Morgan fingerprint density at radius 2 is 2.00 bits per heavy atom. The van der Waals surface area contributed by atoms with Gasteiger partial charge in [0.25, 0.3) is 0 Å². The molecule has 2 rings (SSSR count). The van der Waals surface area contributed by atoms with E-state index in [9.17, 15) is 0 Å². The summed E-state index contributed by atoms with van der Waals surface area (Å²) >= 11 is 0. The van der Waals surface area contributed by atoms with Crippen molar-refractivity contribution >= 4 is 11.5 Å².